The third-order valence-corrected chi connectivity index (χ3v) is 4.61. The predicted octanol–water partition coefficient (Wildman–Crippen LogP) is 2.21. The van der Waals surface area contributed by atoms with Crippen molar-refractivity contribution in [1.82, 2.24) is 15.0 Å². The van der Waals surface area contributed by atoms with Crippen LogP contribution in [0.1, 0.15) is 25.5 Å². The molecule has 5 nitrogen and oxygen atoms in total. The van der Waals surface area contributed by atoms with Crippen molar-refractivity contribution >= 4 is 28.7 Å². The van der Waals surface area contributed by atoms with Crippen molar-refractivity contribution in [2.24, 2.45) is 0 Å². The SMILES string of the molecule is CSCCc1nc2nc(N3CCCC3C)ccc2[nH]c1=O. The zero-order chi connectivity index (χ0) is 14.8. The van der Waals surface area contributed by atoms with Crippen molar-refractivity contribution in [3.63, 3.8) is 0 Å². The Balaban J connectivity index is 1.99. The third-order valence-electron chi connectivity index (χ3n) is 4.00. The summed E-state index contributed by atoms with van der Waals surface area (Å²) in [6.45, 7) is 3.27. The summed E-state index contributed by atoms with van der Waals surface area (Å²) in [5.74, 6) is 1.85. The van der Waals surface area contributed by atoms with Crippen LogP contribution in [0.3, 0.4) is 0 Å². The molecular weight excluding hydrogens is 284 g/mol. The van der Waals surface area contributed by atoms with Gasteiger partial charge >= 0.3 is 0 Å². The lowest BCUT2D eigenvalue weighted by Crippen LogP contribution is -2.27. The van der Waals surface area contributed by atoms with Gasteiger partial charge in [0.25, 0.3) is 5.56 Å². The highest BCUT2D eigenvalue weighted by atomic mass is 32.2. The number of aromatic nitrogens is 3. The van der Waals surface area contributed by atoms with Crippen LogP contribution in [0, 0.1) is 0 Å². The van der Waals surface area contributed by atoms with Gasteiger partial charge in [-0.1, -0.05) is 0 Å². The Morgan fingerprint density at radius 3 is 3.00 bits per heavy atom. The van der Waals surface area contributed by atoms with Crippen LogP contribution in [-0.4, -0.2) is 39.5 Å². The molecule has 3 heterocycles. The molecule has 1 aliphatic rings. The van der Waals surface area contributed by atoms with E-state index >= 15 is 0 Å². The molecule has 0 radical (unpaired) electrons. The topological polar surface area (TPSA) is 61.9 Å². The van der Waals surface area contributed by atoms with Gasteiger partial charge in [-0.3, -0.25) is 4.79 Å². The highest BCUT2D eigenvalue weighted by molar-refractivity contribution is 7.98. The fraction of sp³-hybridized carbons (Fsp3) is 0.533. The summed E-state index contributed by atoms with van der Waals surface area (Å²) >= 11 is 1.71. The molecule has 21 heavy (non-hydrogen) atoms. The molecule has 3 rings (SSSR count). The Morgan fingerprint density at radius 2 is 2.29 bits per heavy atom. The van der Waals surface area contributed by atoms with Crippen molar-refractivity contribution in [3.8, 4) is 0 Å². The van der Waals surface area contributed by atoms with Gasteiger partial charge in [-0.2, -0.15) is 11.8 Å². The minimum absolute atomic E-state index is 0.0966. The largest absolute Gasteiger partial charge is 0.354 e. The fourth-order valence-corrected chi connectivity index (χ4v) is 3.19. The summed E-state index contributed by atoms with van der Waals surface area (Å²) in [5.41, 5.74) is 1.84. The highest BCUT2D eigenvalue weighted by Gasteiger charge is 2.21. The first kappa shape index (κ1) is 14.4. The lowest BCUT2D eigenvalue weighted by molar-refractivity contribution is 0.728. The van der Waals surface area contributed by atoms with Gasteiger partial charge in [0, 0.05) is 19.0 Å². The van der Waals surface area contributed by atoms with Crippen molar-refractivity contribution in [2.45, 2.75) is 32.2 Å². The van der Waals surface area contributed by atoms with Gasteiger partial charge in [0.15, 0.2) is 5.65 Å². The molecule has 0 spiro atoms. The number of hydrogen-bond acceptors (Lipinski definition) is 5. The van der Waals surface area contributed by atoms with E-state index in [2.05, 4.69) is 26.8 Å². The molecule has 1 N–H and O–H groups in total. The molecule has 0 aliphatic carbocycles. The molecule has 112 valence electrons. The smallest absolute Gasteiger partial charge is 0.270 e. The van der Waals surface area contributed by atoms with Crippen LogP contribution >= 0.6 is 11.8 Å². The summed E-state index contributed by atoms with van der Waals surface area (Å²) < 4.78 is 0. The fourth-order valence-electron chi connectivity index (χ4n) is 2.80. The third kappa shape index (κ3) is 2.90. The second-order valence-electron chi connectivity index (χ2n) is 5.48. The number of aryl methyl sites for hydroxylation is 1. The van der Waals surface area contributed by atoms with Crippen LogP contribution in [-0.2, 0) is 6.42 Å². The molecule has 1 saturated heterocycles. The quantitative estimate of drug-likeness (QED) is 0.938. The van der Waals surface area contributed by atoms with Crippen LogP contribution in [0.15, 0.2) is 16.9 Å². The molecule has 1 fully saturated rings. The summed E-state index contributed by atoms with van der Waals surface area (Å²) in [4.78, 5) is 26.3. The Morgan fingerprint density at radius 1 is 1.43 bits per heavy atom. The lowest BCUT2D eigenvalue weighted by atomic mass is 10.2. The van der Waals surface area contributed by atoms with E-state index < -0.39 is 0 Å². The summed E-state index contributed by atoms with van der Waals surface area (Å²) in [7, 11) is 0. The zero-order valence-corrected chi connectivity index (χ0v) is 13.2. The van der Waals surface area contributed by atoms with Gasteiger partial charge in [0.2, 0.25) is 0 Å². The van der Waals surface area contributed by atoms with E-state index in [4.69, 9.17) is 0 Å². The molecule has 0 amide bonds. The molecule has 1 atom stereocenters. The van der Waals surface area contributed by atoms with Crippen molar-refractivity contribution in [3.05, 3.63) is 28.2 Å². The maximum absolute atomic E-state index is 12.0. The molecule has 1 unspecified atom stereocenters. The minimum atomic E-state index is -0.0966. The first-order valence-electron chi connectivity index (χ1n) is 7.34. The summed E-state index contributed by atoms with van der Waals surface area (Å²) in [6, 6.07) is 4.41. The Labute approximate surface area is 128 Å². The van der Waals surface area contributed by atoms with Gasteiger partial charge in [0.05, 0.1) is 5.52 Å². The Bertz CT molecular complexity index is 700. The summed E-state index contributed by atoms with van der Waals surface area (Å²) in [5, 5.41) is 0. The van der Waals surface area contributed by atoms with Gasteiger partial charge in [-0.15, -0.1) is 0 Å². The molecule has 6 heteroatoms. The molecule has 1 aliphatic heterocycles. The number of anilines is 1. The van der Waals surface area contributed by atoms with Crippen LogP contribution in [0.5, 0.6) is 0 Å². The Hall–Kier alpha value is -1.56. The van der Waals surface area contributed by atoms with Crippen LogP contribution in [0.2, 0.25) is 0 Å². The number of hydrogen-bond donors (Lipinski definition) is 1. The number of H-pyrrole nitrogens is 1. The Kier molecular flexibility index (Phi) is 4.14. The number of nitrogens with zero attached hydrogens (tertiary/aromatic N) is 3. The lowest BCUT2D eigenvalue weighted by Gasteiger charge is -2.22. The number of thioether (sulfide) groups is 1. The standard InChI is InChI=1S/C15H20N4OS/c1-10-4-3-8-19(10)13-6-5-11-14(18-13)16-12(7-9-21-2)15(20)17-11/h5-6,10H,3-4,7-9H2,1-2H3,(H,17,20). The maximum atomic E-state index is 12.0. The molecule has 0 bridgehead atoms. The normalized spacial score (nSPS) is 18.6. The van der Waals surface area contributed by atoms with Crippen LogP contribution < -0.4 is 10.5 Å². The second-order valence-corrected chi connectivity index (χ2v) is 6.47. The van der Waals surface area contributed by atoms with E-state index in [-0.39, 0.29) is 5.56 Å². The van der Waals surface area contributed by atoms with E-state index in [0.717, 1.165) is 18.1 Å². The molecule has 2 aromatic rings. The minimum Gasteiger partial charge on any atom is -0.354 e. The maximum Gasteiger partial charge on any atom is 0.270 e. The summed E-state index contributed by atoms with van der Waals surface area (Å²) in [6.07, 6.45) is 5.12. The number of fused-ring (bicyclic) bond motifs is 1. The van der Waals surface area contributed by atoms with E-state index in [9.17, 15) is 4.79 Å². The number of aromatic amines is 1. The van der Waals surface area contributed by atoms with Crippen molar-refractivity contribution < 1.29 is 0 Å². The monoisotopic (exact) mass is 304 g/mol. The average molecular weight is 304 g/mol. The van der Waals surface area contributed by atoms with E-state index in [1.165, 1.54) is 12.8 Å². The van der Waals surface area contributed by atoms with E-state index in [1.54, 1.807) is 11.8 Å². The number of pyridine rings is 1. The number of rotatable bonds is 4. The average Bonchev–Trinajstić information content (AvgIpc) is 2.91. The van der Waals surface area contributed by atoms with Gasteiger partial charge in [0.1, 0.15) is 11.5 Å². The molecule has 2 aromatic heterocycles. The van der Waals surface area contributed by atoms with Gasteiger partial charge in [-0.05, 0) is 43.9 Å². The van der Waals surface area contributed by atoms with Crippen LogP contribution in [0.4, 0.5) is 5.82 Å². The second kappa shape index (κ2) is 6.05. The first-order valence-corrected chi connectivity index (χ1v) is 8.74. The van der Waals surface area contributed by atoms with Crippen molar-refractivity contribution in [2.75, 3.05) is 23.5 Å². The van der Waals surface area contributed by atoms with Gasteiger partial charge in [-0.25, -0.2) is 9.97 Å². The van der Waals surface area contributed by atoms with E-state index in [1.807, 2.05) is 18.4 Å². The zero-order valence-electron chi connectivity index (χ0n) is 12.4. The first-order chi connectivity index (χ1) is 10.2. The van der Waals surface area contributed by atoms with Gasteiger partial charge < -0.3 is 9.88 Å². The molecule has 0 aromatic carbocycles. The van der Waals surface area contributed by atoms with E-state index in [0.29, 0.717) is 29.3 Å². The number of nitrogens with one attached hydrogen (secondary N) is 1. The highest BCUT2D eigenvalue weighted by Crippen LogP contribution is 2.24. The van der Waals surface area contributed by atoms with Crippen molar-refractivity contribution in [1.29, 1.82) is 0 Å². The predicted molar refractivity (Wildman–Crippen MR) is 88.3 cm³/mol. The van der Waals surface area contributed by atoms with Crippen LogP contribution in [0.25, 0.3) is 11.2 Å². The molecule has 0 saturated carbocycles. The molecular formula is C15H20N4OS.